The molecular weight excluding hydrogens is 363 g/mol. The van der Waals surface area contributed by atoms with E-state index in [0.29, 0.717) is 24.7 Å². The topological polar surface area (TPSA) is 81.6 Å². The maximum absolute atomic E-state index is 13.0. The van der Waals surface area contributed by atoms with Gasteiger partial charge >= 0.3 is 6.18 Å². The molecule has 3 heterocycles. The Kier molecular flexibility index (Phi) is 4.14. The Balaban J connectivity index is 1.49. The second-order valence-electron chi connectivity index (χ2n) is 6.61. The number of aromatic nitrogens is 2. The van der Waals surface area contributed by atoms with Crippen molar-refractivity contribution in [2.24, 2.45) is 0 Å². The summed E-state index contributed by atoms with van der Waals surface area (Å²) in [7, 11) is 0. The number of amides is 1. The minimum atomic E-state index is -4.36. The molecule has 0 saturated carbocycles. The van der Waals surface area contributed by atoms with Crippen molar-refractivity contribution >= 4 is 17.5 Å². The summed E-state index contributed by atoms with van der Waals surface area (Å²) in [5.74, 6) is -0.235. The highest BCUT2D eigenvalue weighted by Gasteiger charge is 2.44. The molecule has 1 aromatic carbocycles. The molecule has 27 heavy (non-hydrogen) atoms. The molecule has 142 valence electrons. The molecule has 2 aromatic rings. The summed E-state index contributed by atoms with van der Waals surface area (Å²) >= 11 is 0. The molecule has 2 bridgehead atoms. The van der Waals surface area contributed by atoms with Crippen LogP contribution in [0.1, 0.15) is 22.3 Å². The van der Waals surface area contributed by atoms with E-state index in [-0.39, 0.29) is 17.6 Å². The number of fused-ring (bicyclic) bond motifs is 2. The lowest BCUT2D eigenvalue weighted by Crippen LogP contribution is -2.47. The monoisotopic (exact) mass is 379 g/mol. The van der Waals surface area contributed by atoms with Gasteiger partial charge in [-0.25, -0.2) is 15.4 Å². The smallest absolute Gasteiger partial charge is 0.365 e. The lowest BCUT2D eigenvalue weighted by Gasteiger charge is -2.35. The molecule has 10 heteroatoms. The van der Waals surface area contributed by atoms with Gasteiger partial charge in [0.05, 0.1) is 17.2 Å². The molecule has 2 N–H and O–H groups in total. The largest absolute Gasteiger partial charge is 0.416 e. The number of carbonyl (C=O) groups is 1. The first-order valence-corrected chi connectivity index (χ1v) is 8.34. The van der Waals surface area contributed by atoms with E-state index in [1.54, 1.807) is 6.07 Å². The van der Waals surface area contributed by atoms with Crippen LogP contribution in [0, 0.1) is 0 Å². The number of nitrogens with one attached hydrogen (secondary N) is 1. The lowest BCUT2D eigenvalue weighted by molar-refractivity contribution is -0.137. The molecule has 1 amide bonds. The van der Waals surface area contributed by atoms with Crippen LogP contribution in [0.5, 0.6) is 0 Å². The third-order valence-corrected chi connectivity index (χ3v) is 5.00. The molecule has 4 rings (SSSR count). The van der Waals surface area contributed by atoms with Gasteiger partial charge in [0.15, 0.2) is 0 Å². The highest BCUT2D eigenvalue weighted by atomic mass is 19.4. The lowest BCUT2D eigenvalue weighted by atomic mass is 10.1. The van der Waals surface area contributed by atoms with Crippen LogP contribution in [0.15, 0.2) is 36.7 Å². The average Bonchev–Trinajstić information content (AvgIpc) is 3.28. The van der Waals surface area contributed by atoms with Crippen molar-refractivity contribution in [1.29, 1.82) is 0 Å². The van der Waals surface area contributed by atoms with Gasteiger partial charge in [0.25, 0.3) is 5.91 Å². The molecule has 7 nitrogen and oxygen atoms in total. The second kappa shape index (κ2) is 6.38. The molecule has 0 spiro atoms. The van der Waals surface area contributed by atoms with Crippen LogP contribution in [0.2, 0.25) is 0 Å². The Morgan fingerprint density at radius 2 is 1.81 bits per heavy atom. The van der Waals surface area contributed by atoms with Gasteiger partial charge < -0.3 is 9.80 Å². The van der Waals surface area contributed by atoms with Crippen molar-refractivity contribution in [3.63, 3.8) is 0 Å². The van der Waals surface area contributed by atoms with Crippen LogP contribution in [0.4, 0.5) is 24.8 Å². The zero-order chi connectivity index (χ0) is 19.2. The van der Waals surface area contributed by atoms with E-state index in [1.807, 2.05) is 9.80 Å². The Labute approximate surface area is 152 Å². The number of hydrogen-bond donors (Lipinski definition) is 2. The molecular formula is C17H16F3N5O2. The third-order valence-electron chi connectivity index (χ3n) is 5.00. The standard InChI is InChI=1S/C17H16F3N5O2/c18-17(19,20)11-2-1-3-12(4-11)24-8-14-5-13(24)9-25(14)16-21-6-10(7-22-16)15(26)23-27/h1-4,6-7,13-14,27H,5,8-9H2,(H,23,26)/t13-,14-/m1/s1. The van der Waals surface area contributed by atoms with Crippen LogP contribution in [-0.2, 0) is 6.18 Å². The van der Waals surface area contributed by atoms with Crippen LogP contribution in [0.25, 0.3) is 0 Å². The van der Waals surface area contributed by atoms with Gasteiger partial charge in [-0.15, -0.1) is 0 Å². The van der Waals surface area contributed by atoms with Crippen LogP contribution in [-0.4, -0.2) is 46.3 Å². The average molecular weight is 379 g/mol. The van der Waals surface area contributed by atoms with Gasteiger partial charge in [-0.3, -0.25) is 10.0 Å². The first kappa shape index (κ1) is 17.5. The number of rotatable bonds is 3. The van der Waals surface area contributed by atoms with Gasteiger partial charge in [-0.05, 0) is 24.6 Å². The van der Waals surface area contributed by atoms with Crippen LogP contribution in [0.3, 0.4) is 0 Å². The summed E-state index contributed by atoms with van der Waals surface area (Å²) in [5.41, 5.74) is 1.56. The normalized spacial score (nSPS) is 21.6. The van der Waals surface area contributed by atoms with E-state index in [2.05, 4.69) is 9.97 Å². The number of anilines is 2. The van der Waals surface area contributed by atoms with E-state index in [9.17, 15) is 18.0 Å². The minimum absolute atomic E-state index is 0.0718. The van der Waals surface area contributed by atoms with Gasteiger partial charge in [-0.1, -0.05) is 6.07 Å². The predicted molar refractivity (Wildman–Crippen MR) is 89.6 cm³/mol. The van der Waals surface area contributed by atoms with E-state index >= 15 is 0 Å². The summed E-state index contributed by atoms with van der Waals surface area (Å²) in [6.45, 7) is 1.17. The van der Waals surface area contributed by atoms with Crippen LogP contribution >= 0.6 is 0 Å². The van der Waals surface area contributed by atoms with E-state index in [1.165, 1.54) is 30.0 Å². The predicted octanol–water partition coefficient (Wildman–Crippen LogP) is 2.08. The van der Waals surface area contributed by atoms with Crippen molar-refractivity contribution in [2.75, 3.05) is 22.9 Å². The summed E-state index contributed by atoms with van der Waals surface area (Å²) < 4.78 is 38.9. The Hall–Kier alpha value is -2.88. The van der Waals surface area contributed by atoms with E-state index in [4.69, 9.17) is 5.21 Å². The fraction of sp³-hybridized carbons (Fsp3) is 0.353. The number of hydrogen-bond acceptors (Lipinski definition) is 6. The van der Waals surface area contributed by atoms with Crippen molar-refractivity contribution in [1.82, 2.24) is 15.4 Å². The summed E-state index contributed by atoms with van der Waals surface area (Å²) in [5, 5.41) is 8.62. The fourth-order valence-corrected chi connectivity index (χ4v) is 3.74. The Morgan fingerprint density at radius 3 is 2.41 bits per heavy atom. The zero-order valence-corrected chi connectivity index (χ0v) is 14.0. The SMILES string of the molecule is O=C(NO)c1cnc(N2C[C@H]3C[C@@H]2CN3c2cccc(C(F)(F)F)c2)nc1. The van der Waals surface area contributed by atoms with Crippen molar-refractivity contribution < 1.29 is 23.2 Å². The van der Waals surface area contributed by atoms with Gasteiger partial charge in [-0.2, -0.15) is 13.2 Å². The van der Waals surface area contributed by atoms with Crippen LogP contribution < -0.4 is 15.3 Å². The highest BCUT2D eigenvalue weighted by molar-refractivity contribution is 5.92. The van der Waals surface area contributed by atoms with Crippen molar-refractivity contribution in [2.45, 2.75) is 24.7 Å². The summed E-state index contributed by atoms with van der Waals surface area (Å²) in [4.78, 5) is 23.7. The maximum Gasteiger partial charge on any atom is 0.416 e. The van der Waals surface area contributed by atoms with Gasteiger partial charge in [0.2, 0.25) is 5.95 Å². The number of halogens is 3. The highest BCUT2D eigenvalue weighted by Crippen LogP contribution is 2.38. The molecule has 2 atom stereocenters. The van der Waals surface area contributed by atoms with Gasteiger partial charge in [0, 0.05) is 37.2 Å². The van der Waals surface area contributed by atoms with Gasteiger partial charge in [0.1, 0.15) is 0 Å². The Morgan fingerprint density at radius 1 is 1.15 bits per heavy atom. The molecule has 0 aliphatic carbocycles. The molecule has 2 fully saturated rings. The van der Waals surface area contributed by atoms with E-state index < -0.39 is 17.6 Å². The number of piperazine rings is 1. The number of hydroxylamine groups is 1. The molecule has 0 radical (unpaired) electrons. The molecule has 2 aliphatic heterocycles. The number of alkyl halides is 3. The number of benzene rings is 1. The molecule has 2 aliphatic rings. The van der Waals surface area contributed by atoms with Crippen molar-refractivity contribution in [3.8, 4) is 0 Å². The third kappa shape index (κ3) is 3.16. The fourth-order valence-electron chi connectivity index (χ4n) is 3.74. The van der Waals surface area contributed by atoms with Crippen molar-refractivity contribution in [3.05, 3.63) is 47.8 Å². The quantitative estimate of drug-likeness (QED) is 0.628. The first-order valence-electron chi connectivity index (χ1n) is 8.34. The Bertz CT molecular complexity index is 858. The summed E-state index contributed by atoms with van der Waals surface area (Å²) in [6.07, 6.45) is -0.912. The number of carbonyl (C=O) groups excluding carboxylic acids is 1. The first-order chi connectivity index (χ1) is 12.9. The maximum atomic E-state index is 13.0. The number of nitrogens with zero attached hydrogens (tertiary/aromatic N) is 4. The minimum Gasteiger partial charge on any atom is -0.365 e. The molecule has 1 aromatic heterocycles. The second-order valence-corrected chi connectivity index (χ2v) is 6.61. The van der Waals surface area contributed by atoms with E-state index in [0.717, 1.165) is 12.5 Å². The zero-order valence-electron chi connectivity index (χ0n) is 14.0. The molecule has 0 unspecified atom stereocenters. The molecule has 2 saturated heterocycles. The summed E-state index contributed by atoms with van der Waals surface area (Å²) in [6, 6.07) is 5.53.